The molecule has 0 amide bonds. The normalized spacial score (nSPS) is 28.1. The first kappa shape index (κ1) is 22.5. The second-order valence-electron chi connectivity index (χ2n) is 7.50. The highest BCUT2D eigenvalue weighted by molar-refractivity contribution is 7.90. The molecule has 9 nitrogen and oxygen atoms in total. The Morgan fingerprint density at radius 2 is 1.79 bits per heavy atom. The number of hydrogen-bond donors (Lipinski definition) is 3. The molecule has 2 saturated heterocycles. The highest BCUT2D eigenvalue weighted by Gasteiger charge is 2.40. The van der Waals surface area contributed by atoms with Gasteiger partial charge in [-0.1, -0.05) is 6.07 Å². The summed E-state index contributed by atoms with van der Waals surface area (Å²) in [4.78, 5) is 2.25. The molecule has 4 rings (SSSR count). The van der Waals surface area contributed by atoms with Crippen LogP contribution in [-0.4, -0.2) is 70.3 Å². The molecule has 3 N–H and O–H groups in total. The highest BCUT2D eigenvalue weighted by Crippen LogP contribution is 2.35. The first-order chi connectivity index (χ1) is 13.5. The summed E-state index contributed by atoms with van der Waals surface area (Å²) in [5.74, 6) is 1.42. The molecule has 29 heavy (non-hydrogen) atoms. The summed E-state index contributed by atoms with van der Waals surface area (Å²) in [6.45, 7) is 7.02. The van der Waals surface area contributed by atoms with Crippen molar-refractivity contribution in [2.24, 2.45) is 0 Å². The summed E-state index contributed by atoms with van der Waals surface area (Å²) < 4.78 is 45.2. The van der Waals surface area contributed by atoms with Crippen LogP contribution in [0.25, 0.3) is 0 Å². The Morgan fingerprint density at radius 1 is 1.14 bits per heavy atom. The summed E-state index contributed by atoms with van der Waals surface area (Å²) in [6.07, 6.45) is 0. The van der Waals surface area contributed by atoms with Crippen LogP contribution in [0, 0.1) is 0 Å². The van der Waals surface area contributed by atoms with E-state index in [1.165, 1.54) is 0 Å². The first-order valence-corrected chi connectivity index (χ1v) is 11.2. The Balaban J connectivity index is 0.00000240. The number of ether oxygens (including phenoxy) is 3. The molecule has 3 atom stereocenters. The zero-order valence-electron chi connectivity index (χ0n) is 16.6. The molecule has 0 aromatic heterocycles. The Kier molecular flexibility index (Phi) is 7.26. The van der Waals surface area contributed by atoms with Gasteiger partial charge in [-0.05, 0) is 31.5 Å². The fourth-order valence-electron chi connectivity index (χ4n) is 4.16. The zero-order valence-corrected chi connectivity index (χ0v) is 18.2. The van der Waals surface area contributed by atoms with Gasteiger partial charge in [-0.3, -0.25) is 15.8 Å². The third-order valence-corrected chi connectivity index (χ3v) is 7.73. The highest BCUT2D eigenvalue weighted by atomic mass is 35.5. The van der Waals surface area contributed by atoms with Crippen molar-refractivity contribution in [3.05, 3.63) is 23.8 Å². The lowest BCUT2D eigenvalue weighted by Crippen LogP contribution is -2.48. The molecular weight excluding hydrogens is 420 g/mol. The topological polar surface area (TPSA) is 101 Å². The van der Waals surface area contributed by atoms with Gasteiger partial charge in [0.05, 0.1) is 13.2 Å². The van der Waals surface area contributed by atoms with E-state index in [0.29, 0.717) is 19.0 Å². The Hall–Kier alpha value is -1.14. The van der Waals surface area contributed by atoms with Crippen molar-refractivity contribution in [3.8, 4) is 11.5 Å². The minimum Gasteiger partial charge on any atom is -0.454 e. The standard InChI is InChI=1S/C18H28N4O5S.ClH/c1-12-18(13(2)21-20-12)28(23,24)19-10-15(22-5-7-25-8-6-22)14-3-4-16-17(9-14)27-11-26-16;/h3-4,9,12-13,15,18-21H,5-8,10-11H2,1-2H3;1H. The van der Waals surface area contributed by atoms with E-state index in [0.717, 1.165) is 24.4 Å². The number of nitrogens with one attached hydrogen (secondary N) is 3. The lowest BCUT2D eigenvalue weighted by atomic mass is 10.0. The zero-order chi connectivity index (χ0) is 19.7. The molecule has 0 radical (unpaired) electrons. The molecule has 1 aromatic carbocycles. The van der Waals surface area contributed by atoms with Gasteiger partial charge in [0.2, 0.25) is 16.8 Å². The van der Waals surface area contributed by atoms with Crippen molar-refractivity contribution in [1.82, 2.24) is 20.5 Å². The van der Waals surface area contributed by atoms with Gasteiger partial charge in [0.15, 0.2) is 11.5 Å². The maximum atomic E-state index is 13.0. The van der Waals surface area contributed by atoms with Gasteiger partial charge in [-0.15, -0.1) is 12.4 Å². The Labute approximate surface area is 177 Å². The molecule has 11 heteroatoms. The van der Waals surface area contributed by atoms with Gasteiger partial charge in [-0.2, -0.15) is 0 Å². The molecule has 164 valence electrons. The molecule has 3 unspecified atom stereocenters. The van der Waals surface area contributed by atoms with Crippen LogP contribution < -0.4 is 25.0 Å². The number of hydrogen-bond acceptors (Lipinski definition) is 8. The van der Waals surface area contributed by atoms with Crippen LogP contribution in [0.5, 0.6) is 11.5 Å². The molecule has 0 bridgehead atoms. The van der Waals surface area contributed by atoms with E-state index in [2.05, 4.69) is 20.5 Å². The number of benzene rings is 1. The molecular formula is C18H29ClN4O5S. The van der Waals surface area contributed by atoms with E-state index in [1.54, 1.807) is 0 Å². The van der Waals surface area contributed by atoms with Crippen molar-refractivity contribution >= 4 is 22.4 Å². The van der Waals surface area contributed by atoms with Crippen molar-refractivity contribution in [2.45, 2.75) is 37.2 Å². The largest absolute Gasteiger partial charge is 0.454 e. The van der Waals surface area contributed by atoms with Crippen LogP contribution in [0.4, 0.5) is 0 Å². The smallest absolute Gasteiger partial charge is 0.231 e. The second-order valence-corrected chi connectivity index (χ2v) is 9.42. The third-order valence-electron chi connectivity index (χ3n) is 5.63. The Morgan fingerprint density at radius 3 is 2.48 bits per heavy atom. The third kappa shape index (κ3) is 4.79. The lowest BCUT2D eigenvalue weighted by Gasteiger charge is -2.35. The maximum absolute atomic E-state index is 13.0. The number of morpholine rings is 1. The van der Waals surface area contributed by atoms with Gasteiger partial charge in [0.1, 0.15) is 5.25 Å². The van der Waals surface area contributed by atoms with Gasteiger partial charge in [0, 0.05) is 37.8 Å². The minimum absolute atomic E-state index is 0. The molecule has 3 aliphatic rings. The van der Waals surface area contributed by atoms with Crippen molar-refractivity contribution < 1.29 is 22.6 Å². The average Bonchev–Trinajstić information content (AvgIpc) is 3.28. The van der Waals surface area contributed by atoms with Crippen molar-refractivity contribution in [2.75, 3.05) is 39.6 Å². The summed E-state index contributed by atoms with van der Waals surface area (Å²) in [7, 11) is -3.50. The van der Waals surface area contributed by atoms with E-state index >= 15 is 0 Å². The number of halogens is 1. The summed E-state index contributed by atoms with van der Waals surface area (Å²) >= 11 is 0. The molecule has 3 aliphatic heterocycles. The fraction of sp³-hybridized carbons (Fsp3) is 0.667. The molecule has 3 heterocycles. The van der Waals surface area contributed by atoms with Crippen molar-refractivity contribution in [1.29, 1.82) is 0 Å². The van der Waals surface area contributed by atoms with Crippen LogP contribution in [0.3, 0.4) is 0 Å². The van der Waals surface area contributed by atoms with Crippen LogP contribution in [0.1, 0.15) is 25.5 Å². The van der Waals surface area contributed by atoms with Gasteiger partial charge in [-0.25, -0.2) is 13.1 Å². The minimum atomic E-state index is -3.50. The van der Waals surface area contributed by atoms with E-state index < -0.39 is 15.3 Å². The number of nitrogens with zero attached hydrogens (tertiary/aromatic N) is 1. The van der Waals surface area contributed by atoms with Gasteiger partial charge < -0.3 is 14.2 Å². The SMILES string of the molecule is CC1NNC(C)C1S(=O)(=O)NCC(c1ccc2c(c1)OCO2)N1CCOCC1.Cl. The average molecular weight is 449 g/mol. The van der Waals surface area contributed by atoms with Gasteiger partial charge in [0.25, 0.3) is 0 Å². The monoisotopic (exact) mass is 448 g/mol. The quantitative estimate of drug-likeness (QED) is 0.574. The molecule has 0 aliphatic carbocycles. The number of fused-ring (bicyclic) bond motifs is 1. The predicted molar refractivity (Wildman–Crippen MR) is 111 cm³/mol. The first-order valence-electron chi connectivity index (χ1n) is 9.66. The van der Waals surface area contributed by atoms with Crippen LogP contribution in [-0.2, 0) is 14.8 Å². The van der Waals surface area contributed by atoms with E-state index in [-0.39, 0.29) is 43.9 Å². The lowest BCUT2D eigenvalue weighted by molar-refractivity contribution is 0.0171. The van der Waals surface area contributed by atoms with E-state index in [4.69, 9.17) is 14.2 Å². The number of hydrazine groups is 1. The maximum Gasteiger partial charge on any atom is 0.231 e. The molecule has 1 aromatic rings. The summed E-state index contributed by atoms with van der Waals surface area (Å²) in [5.41, 5.74) is 7.02. The van der Waals surface area contributed by atoms with E-state index in [1.807, 2.05) is 32.0 Å². The van der Waals surface area contributed by atoms with Crippen molar-refractivity contribution in [3.63, 3.8) is 0 Å². The molecule has 0 saturated carbocycles. The van der Waals surface area contributed by atoms with Gasteiger partial charge >= 0.3 is 0 Å². The number of sulfonamides is 1. The van der Waals surface area contributed by atoms with E-state index in [9.17, 15) is 8.42 Å². The molecule has 0 spiro atoms. The summed E-state index contributed by atoms with van der Waals surface area (Å²) in [6, 6.07) is 5.36. The number of rotatable bonds is 6. The summed E-state index contributed by atoms with van der Waals surface area (Å²) in [5, 5.41) is -0.533. The predicted octanol–water partition coefficient (Wildman–Crippen LogP) is 0.383. The fourth-order valence-corrected chi connectivity index (χ4v) is 5.95. The van der Waals surface area contributed by atoms with Crippen LogP contribution in [0.15, 0.2) is 18.2 Å². The van der Waals surface area contributed by atoms with Crippen LogP contribution >= 0.6 is 12.4 Å². The Bertz CT molecular complexity index is 795. The second kappa shape index (κ2) is 9.34. The van der Waals surface area contributed by atoms with Crippen LogP contribution in [0.2, 0.25) is 0 Å². The molecule has 2 fully saturated rings.